The van der Waals surface area contributed by atoms with Gasteiger partial charge in [0.1, 0.15) is 11.5 Å². The number of aromatic nitrogens is 1. The fraction of sp³-hybridized carbons (Fsp3) is 0.474. The summed E-state index contributed by atoms with van der Waals surface area (Å²) in [6.45, 7) is 18.1. The second-order valence-corrected chi connectivity index (χ2v) is 14.1. The van der Waals surface area contributed by atoms with E-state index in [-0.39, 0.29) is 64.9 Å². The topological polar surface area (TPSA) is 63.3 Å². The Kier molecular flexibility index (Phi) is 14.7. The molecule has 1 radical (unpaired) electrons. The van der Waals surface area contributed by atoms with Crippen molar-refractivity contribution in [3.05, 3.63) is 76.9 Å². The molecule has 0 saturated heterocycles. The van der Waals surface area contributed by atoms with Crippen LogP contribution in [0.25, 0.3) is 32.0 Å². The van der Waals surface area contributed by atoms with E-state index in [4.69, 9.17) is 4.42 Å². The summed E-state index contributed by atoms with van der Waals surface area (Å²) in [5.74, 6) is 1.46. The van der Waals surface area contributed by atoms with E-state index in [0.717, 1.165) is 48.1 Å². The number of hydrogen-bond donors (Lipinski definition) is 1. The smallest absolute Gasteiger partial charge is 0.418 e. The van der Waals surface area contributed by atoms with E-state index in [1.807, 2.05) is 53.7 Å². The zero-order chi connectivity index (χ0) is 34.4. The number of thiophene rings is 1. The number of ketones is 1. The molecule has 4 nitrogen and oxygen atoms in total. The number of fused-ring (bicyclic) bond motifs is 1. The molecular formula is C38H47F3IrNO3S-. The Morgan fingerprint density at radius 3 is 2.15 bits per heavy atom. The number of pyridine rings is 1. The molecule has 3 heterocycles. The van der Waals surface area contributed by atoms with Gasteiger partial charge in [-0.15, -0.1) is 46.2 Å². The van der Waals surface area contributed by atoms with Gasteiger partial charge in [-0.2, -0.15) is 13.2 Å². The molecule has 4 aromatic rings. The Morgan fingerprint density at radius 1 is 1.00 bits per heavy atom. The number of rotatable bonds is 10. The molecular weight excluding hydrogens is 800 g/mol. The van der Waals surface area contributed by atoms with Crippen molar-refractivity contribution in [3.8, 4) is 21.9 Å². The van der Waals surface area contributed by atoms with E-state index in [2.05, 4.69) is 31.8 Å². The number of carbonyl (C=O) groups excluding carboxylic acids is 1. The first-order valence-corrected chi connectivity index (χ1v) is 16.9. The Bertz CT molecular complexity index is 1630. The Labute approximate surface area is 295 Å². The van der Waals surface area contributed by atoms with Crippen molar-refractivity contribution in [1.82, 2.24) is 4.98 Å². The zero-order valence-corrected chi connectivity index (χ0v) is 32.0. The predicted octanol–water partition coefficient (Wildman–Crippen LogP) is 12.1. The average molecular weight is 847 g/mol. The van der Waals surface area contributed by atoms with Gasteiger partial charge in [0.15, 0.2) is 5.78 Å². The van der Waals surface area contributed by atoms with Crippen LogP contribution in [0.4, 0.5) is 13.2 Å². The molecule has 4 rings (SSSR count). The molecule has 259 valence electrons. The van der Waals surface area contributed by atoms with Crippen molar-refractivity contribution >= 4 is 27.2 Å². The SMILES string of the molecule is CCC(CC)C(=O)/C=C(\O)C(CC)CC.Cc1[c-]c(-c2nccc3c(C(F)(F)F)c(-c4ccc(CC(C)(C)C)o4)sc23)cc(C)c1.[Ir]. The van der Waals surface area contributed by atoms with Crippen LogP contribution in [0.1, 0.15) is 96.6 Å². The quantitative estimate of drug-likeness (QED) is 0.0981. The first-order chi connectivity index (χ1) is 21.5. The van der Waals surface area contributed by atoms with Crippen LogP contribution < -0.4 is 0 Å². The van der Waals surface area contributed by atoms with Gasteiger partial charge in [0.25, 0.3) is 0 Å². The molecule has 0 unspecified atom stereocenters. The monoisotopic (exact) mass is 847 g/mol. The van der Waals surface area contributed by atoms with E-state index in [9.17, 15) is 23.1 Å². The number of halogens is 3. The molecule has 9 heteroatoms. The third kappa shape index (κ3) is 10.6. The number of allylic oxidation sites excluding steroid dienone is 2. The van der Waals surface area contributed by atoms with Gasteiger partial charge in [-0.05, 0) is 54.7 Å². The summed E-state index contributed by atoms with van der Waals surface area (Å²) < 4.78 is 48.9. The van der Waals surface area contributed by atoms with Crippen LogP contribution in [0.5, 0.6) is 0 Å². The van der Waals surface area contributed by atoms with Gasteiger partial charge in [-0.25, -0.2) is 0 Å². The molecule has 0 aliphatic rings. The van der Waals surface area contributed by atoms with Crippen LogP contribution in [0, 0.1) is 37.2 Å². The number of benzene rings is 1. The van der Waals surface area contributed by atoms with E-state index < -0.39 is 11.7 Å². The molecule has 0 atom stereocenters. The number of nitrogens with zero attached hydrogens (tertiary/aromatic N) is 1. The number of hydrogen-bond acceptors (Lipinski definition) is 5. The normalized spacial score (nSPS) is 12.3. The van der Waals surface area contributed by atoms with Crippen molar-refractivity contribution in [2.45, 2.75) is 101 Å². The van der Waals surface area contributed by atoms with E-state index in [1.54, 1.807) is 12.1 Å². The molecule has 1 aromatic carbocycles. The van der Waals surface area contributed by atoms with Crippen molar-refractivity contribution < 1.29 is 47.6 Å². The summed E-state index contributed by atoms with van der Waals surface area (Å²) in [5, 5.41) is 9.90. The summed E-state index contributed by atoms with van der Waals surface area (Å²) in [6, 6.07) is 11.9. The largest absolute Gasteiger partial charge is 0.512 e. The summed E-state index contributed by atoms with van der Waals surface area (Å²) in [4.78, 5) is 16.2. The third-order valence-electron chi connectivity index (χ3n) is 7.96. The van der Waals surface area contributed by atoms with Gasteiger partial charge in [-0.3, -0.25) is 4.79 Å². The maximum atomic E-state index is 14.2. The minimum atomic E-state index is -4.52. The second-order valence-electron chi connectivity index (χ2n) is 13.1. The number of aliphatic hydroxyl groups is 1. The third-order valence-corrected chi connectivity index (χ3v) is 9.19. The summed E-state index contributed by atoms with van der Waals surface area (Å²) >= 11 is 1.07. The van der Waals surface area contributed by atoms with E-state index >= 15 is 0 Å². The molecule has 1 N–H and O–H groups in total. The number of aryl methyl sites for hydroxylation is 2. The molecule has 0 aliphatic carbocycles. The van der Waals surface area contributed by atoms with Crippen molar-refractivity contribution in [2.75, 3.05) is 0 Å². The number of aliphatic hydroxyl groups excluding tert-OH is 1. The maximum absolute atomic E-state index is 14.2. The molecule has 0 spiro atoms. The van der Waals surface area contributed by atoms with E-state index in [1.165, 1.54) is 18.3 Å². The second kappa shape index (κ2) is 17.1. The van der Waals surface area contributed by atoms with Gasteiger partial charge in [0, 0.05) is 61.0 Å². The van der Waals surface area contributed by atoms with Crippen LogP contribution >= 0.6 is 11.3 Å². The fourth-order valence-electron chi connectivity index (χ4n) is 5.59. The summed E-state index contributed by atoms with van der Waals surface area (Å²) in [6.07, 6.45) is 2.46. The van der Waals surface area contributed by atoms with Crippen LogP contribution in [-0.4, -0.2) is 15.9 Å². The minimum absolute atomic E-state index is 0. The van der Waals surface area contributed by atoms with Crippen molar-refractivity contribution in [3.63, 3.8) is 0 Å². The summed E-state index contributed by atoms with van der Waals surface area (Å²) in [7, 11) is 0. The van der Waals surface area contributed by atoms with Crippen molar-refractivity contribution in [2.24, 2.45) is 17.3 Å². The average Bonchev–Trinajstić information content (AvgIpc) is 3.57. The van der Waals surface area contributed by atoms with Crippen LogP contribution in [0.2, 0.25) is 0 Å². The Morgan fingerprint density at radius 2 is 1.62 bits per heavy atom. The first kappa shape index (κ1) is 40.4. The molecule has 0 saturated carbocycles. The molecule has 0 bridgehead atoms. The number of carbonyl (C=O) groups is 1. The summed E-state index contributed by atoms with van der Waals surface area (Å²) in [5.41, 5.74) is 2.43. The molecule has 0 amide bonds. The fourth-order valence-corrected chi connectivity index (χ4v) is 6.87. The number of alkyl halides is 3. The van der Waals surface area contributed by atoms with Gasteiger partial charge in [0.2, 0.25) is 0 Å². The van der Waals surface area contributed by atoms with Gasteiger partial charge in [0.05, 0.1) is 16.2 Å². The van der Waals surface area contributed by atoms with Gasteiger partial charge in [-0.1, -0.05) is 62.3 Å². The van der Waals surface area contributed by atoms with E-state index in [0.29, 0.717) is 28.1 Å². The standard InChI is InChI=1S/C25H23F3NOS.C13H24O2.Ir/c1-14-10-15(2)12-16(11-14)21-22-18(8-9-29-21)20(25(26,27)28)23(31-22)19-7-6-17(30-19)13-24(3,4)5;1-5-10(6-2)12(14)9-13(15)11(7-3)8-4;/h6-11H,13H2,1-5H3;9-11,14H,5-8H2,1-4H3;/q-1;;/b;12-9-;. The van der Waals surface area contributed by atoms with Gasteiger partial charge >= 0.3 is 6.18 Å². The molecule has 3 aromatic heterocycles. The minimum Gasteiger partial charge on any atom is -0.512 e. The van der Waals surface area contributed by atoms with Crippen molar-refractivity contribution in [1.29, 1.82) is 0 Å². The van der Waals surface area contributed by atoms with Crippen LogP contribution in [0.15, 0.2) is 52.8 Å². The molecule has 47 heavy (non-hydrogen) atoms. The Balaban J connectivity index is 0.000000410. The zero-order valence-electron chi connectivity index (χ0n) is 28.8. The predicted molar refractivity (Wildman–Crippen MR) is 183 cm³/mol. The van der Waals surface area contributed by atoms with Crippen LogP contribution in [-0.2, 0) is 37.5 Å². The van der Waals surface area contributed by atoms with Gasteiger partial charge < -0.3 is 14.5 Å². The maximum Gasteiger partial charge on any atom is 0.418 e. The van der Waals surface area contributed by atoms with Crippen LogP contribution in [0.3, 0.4) is 0 Å². The molecule has 0 aliphatic heterocycles. The number of furan rings is 1. The Hall–Kier alpha value is -2.74. The molecule has 0 fully saturated rings. The first-order valence-electron chi connectivity index (χ1n) is 16.1.